The van der Waals surface area contributed by atoms with Gasteiger partial charge in [-0.1, -0.05) is 80.1 Å². The first-order valence-corrected chi connectivity index (χ1v) is 12.6. The van der Waals surface area contributed by atoms with Crippen molar-refractivity contribution in [2.24, 2.45) is 0 Å². The van der Waals surface area contributed by atoms with Crippen molar-refractivity contribution in [3.05, 3.63) is 112 Å². The number of hydrogen-bond acceptors (Lipinski definition) is 6. The van der Waals surface area contributed by atoms with E-state index in [4.69, 9.17) is 0 Å². The third kappa shape index (κ3) is 5.04. The molecule has 5 rings (SSSR count). The summed E-state index contributed by atoms with van der Waals surface area (Å²) in [4.78, 5) is 39.2. The normalized spacial score (nSPS) is 11.0. The number of H-pyrrole nitrogens is 1. The van der Waals surface area contributed by atoms with Crippen molar-refractivity contribution in [3.63, 3.8) is 0 Å². The Hall–Kier alpha value is -5.12. The maximum Gasteiger partial charge on any atom is 0.354 e. The fourth-order valence-corrected chi connectivity index (χ4v) is 4.64. The molecule has 5 aromatic rings. The van der Waals surface area contributed by atoms with Crippen molar-refractivity contribution in [3.8, 4) is 22.5 Å². The first-order chi connectivity index (χ1) is 19.0. The van der Waals surface area contributed by atoms with Crippen LogP contribution in [0, 0.1) is 0 Å². The zero-order chi connectivity index (χ0) is 27.4. The van der Waals surface area contributed by atoms with Crippen LogP contribution in [0.2, 0.25) is 0 Å². The molecule has 0 aliphatic rings. The van der Waals surface area contributed by atoms with Gasteiger partial charge >= 0.3 is 11.7 Å². The Morgan fingerprint density at radius 2 is 1.62 bits per heavy atom. The topological polar surface area (TPSA) is 136 Å². The summed E-state index contributed by atoms with van der Waals surface area (Å²) in [6.07, 6.45) is 1.84. The molecule has 2 aromatic heterocycles. The molecule has 2 heterocycles. The molecule has 2 N–H and O–H groups in total. The molecule has 0 saturated carbocycles. The maximum absolute atomic E-state index is 13.6. The minimum absolute atomic E-state index is 0.125. The highest BCUT2D eigenvalue weighted by Gasteiger charge is 2.28. The largest absolute Gasteiger partial charge is 0.477 e. The van der Waals surface area contributed by atoms with Gasteiger partial charge in [0.2, 0.25) is 5.82 Å². The molecule has 39 heavy (non-hydrogen) atoms. The van der Waals surface area contributed by atoms with E-state index in [2.05, 4.69) is 20.6 Å². The van der Waals surface area contributed by atoms with E-state index in [0.29, 0.717) is 24.4 Å². The molecule has 10 nitrogen and oxygen atoms in total. The molecule has 0 spiro atoms. The lowest BCUT2D eigenvalue weighted by Gasteiger charge is -2.10. The summed E-state index contributed by atoms with van der Waals surface area (Å²) >= 11 is 0. The van der Waals surface area contributed by atoms with Gasteiger partial charge in [0.05, 0.1) is 12.2 Å². The molecule has 10 heteroatoms. The fraction of sp³-hybridized carbons (Fsp3) is 0.172. The predicted molar refractivity (Wildman–Crippen MR) is 145 cm³/mol. The zero-order valence-electron chi connectivity index (χ0n) is 21.2. The van der Waals surface area contributed by atoms with Gasteiger partial charge in [0.15, 0.2) is 5.69 Å². The first kappa shape index (κ1) is 25.5. The highest BCUT2D eigenvalue weighted by Crippen LogP contribution is 2.30. The molecule has 0 atom stereocenters. The van der Waals surface area contributed by atoms with Crippen LogP contribution in [0.1, 0.15) is 51.9 Å². The van der Waals surface area contributed by atoms with Crippen LogP contribution in [0.5, 0.6) is 0 Å². The Morgan fingerprint density at radius 1 is 0.923 bits per heavy atom. The molecule has 0 amide bonds. The third-order valence-corrected chi connectivity index (χ3v) is 6.56. The van der Waals surface area contributed by atoms with Gasteiger partial charge in [0.1, 0.15) is 0 Å². The number of aromatic nitrogens is 6. The van der Waals surface area contributed by atoms with Crippen molar-refractivity contribution in [2.45, 2.75) is 32.7 Å². The number of tetrazole rings is 1. The van der Waals surface area contributed by atoms with Crippen LogP contribution in [0.3, 0.4) is 0 Å². The van der Waals surface area contributed by atoms with E-state index in [1.807, 2.05) is 55.5 Å². The second kappa shape index (κ2) is 11.1. The number of aromatic carboxylic acids is 1. The van der Waals surface area contributed by atoms with Gasteiger partial charge in [-0.2, -0.15) is 5.21 Å². The highest BCUT2D eigenvalue weighted by atomic mass is 16.4. The Kier molecular flexibility index (Phi) is 7.26. The summed E-state index contributed by atoms with van der Waals surface area (Å²) in [6.45, 7) is 2.11. The smallest absolute Gasteiger partial charge is 0.354 e. The lowest BCUT2D eigenvalue weighted by Crippen LogP contribution is -2.31. The van der Waals surface area contributed by atoms with Crippen LogP contribution in [0.15, 0.2) is 83.7 Å². The number of rotatable bonds is 9. The van der Waals surface area contributed by atoms with E-state index in [0.717, 1.165) is 33.2 Å². The van der Waals surface area contributed by atoms with Crippen molar-refractivity contribution >= 4 is 11.9 Å². The van der Waals surface area contributed by atoms with Crippen LogP contribution < -0.4 is 5.69 Å². The fourth-order valence-electron chi connectivity index (χ4n) is 4.64. The number of carbonyl (C=O) groups excluding carboxylic acids is 1. The van der Waals surface area contributed by atoms with Crippen molar-refractivity contribution in [1.29, 1.82) is 0 Å². The lowest BCUT2D eigenvalue weighted by molar-refractivity contribution is 0.0674. The number of carbonyl (C=O) groups is 2. The van der Waals surface area contributed by atoms with Gasteiger partial charge in [0, 0.05) is 11.1 Å². The van der Waals surface area contributed by atoms with Crippen molar-refractivity contribution in [1.82, 2.24) is 29.8 Å². The predicted octanol–water partition coefficient (Wildman–Crippen LogP) is 4.27. The highest BCUT2D eigenvalue weighted by molar-refractivity contribution is 6.01. The van der Waals surface area contributed by atoms with Gasteiger partial charge < -0.3 is 5.11 Å². The van der Waals surface area contributed by atoms with Crippen LogP contribution >= 0.6 is 0 Å². The maximum atomic E-state index is 13.6. The van der Waals surface area contributed by atoms with Crippen molar-refractivity contribution in [2.75, 3.05) is 0 Å². The second-order valence-electron chi connectivity index (χ2n) is 9.06. The molecule has 0 radical (unpaired) electrons. The van der Waals surface area contributed by atoms with Gasteiger partial charge in [-0.05, 0) is 46.9 Å². The minimum atomic E-state index is -1.31. The van der Waals surface area contributed by atoms with Crippen molar-refractivity contribution < 1.29 is 14.7 Å². The lowest BCUT2D eigenvalue weighted by atomic mass is 9.98. The molecule has 0 saturated heterocycles. The minimum Gasteiger partial charge on any atom is -0.477 e. The van der Waals surface area contributed by atoms with Crippen LogP contribution in [-0.2, 0) is 13.0 Å². The summed E-state index contributed by atoms with van der Waals surface area (Å²) in [6, 6.07) is 23.5. The number of nitrogens with one attached hydrogen (secondary N) is 1. The summed E-state index contributed by atoms with van der Waals surface area (Å²) < 4.78 is 2.19. The Labute approximate surface area is 223 Å². The van der Waals surface area contributed by atoms with Gasteiger partial charge in [-0.15, -0.1) is 10.2 Å². The zero-order valence-corrected chi connectivity index (χ0v) is 21.2. The standard InChI is InChI=1S/C29H26N6O4/c1-2-3-13-24-25(28(37)38)35(27(36)21-9-5-4-6-10-21)29(39)34(24)18-19-14-16-20(17-15-19)22-11-7-8-12-23(22)26-30-32-33-31-26/h4-12,14-17H,2-3,13,18H2,1H3,(H,37,38)(H,30,31,32,33). The number of benzene rings is 3. The van der Waals surface area contributed by atoms with Crippen LogP contribution in [-0.4, -0.2) is 46.7 Å². The molecule has 0 aliphatic carbocycles. The molecule has 0 aliphatic heterocycles. The van der Waals surface area contributed by atoms with E-state index in [-0.39, 0.29) is 17.8 Å². The van der Waals surface area contributed by atoms with E-state index in [1.165, 1.54) is 4.57 Å². The third-order valence-electron chi connectivity index (χ3n) is 6.56. The van der Waals surface area contributed by atoms with Gasteiger partial charge in [0.25, 0.3) is 5.91 Å². The number of aromatic amines is 1. The molecule has 0 unspecified atom stereocenters. The molecule has 196 valence electrons. The molecule has 3 aromatic carbocycles. The number of imidazole rings is 1. The molecule has 0 fully saturated rings. The average molecular weight is 523 g/mol. The molecular weight excluding hydrogens is 496 g/mol. The van der Waals surface area contributed by atoms with E-state index < -0.39 is 17.6 Å². The quantitative estimate of drug-likeness (QED) is 0.295. The van der Waals surface area contributed by atoms with Gasteiger partial charge in [-0.3, -0.25) is 9.36 Å². The number of unbranched alkanes of at least 4 members (excludes halogenated alkanes) is 1. The summed E-state index contributed by atoms with van der Waals surface area (Å²) in [7, 11) is 0. The summed E-state index contributed by atoms with van der Waals surface area (Å²) in [5, 5.41) is 24.4. The first-order valence-electron chi connectivity index (χ1n) is 12.6. The number of carboxylic acids is 1. The van der Waals surface area contributed by atoms with Crippen LogP contribution in [0.25, 0.3) is 22.5 Å². The second-order valence-corrected chi connectivity index (χ2v) is 9.06. The Balaban J connectivity index is 1.54. The number of nitrogens with zero attached hydrogens (tertiary/aromatic N) is 5. The van der Waals surface area contributed by atoms with E-state index >= 15 is 0 Å². The molecular formula is C29H26N6O4. The van der Waals surface area contributed by atoms with Crippen LogP contribution in [0.4, 0.5) is 0 Å². The Morgan fingerprint density at radius 3 is 2.26 bits per heavy atom. The Bertz CT molecular complexity index is 1670. The molecule has 0 bridgehead atoms. The summed E-state index contributed by atoms with van der Waals surface area (Å²) in [5.41, 5.74) is 3.07. The number of hydrogen-bond donors (Lipinski definition) is 2. The monoisotopic (exact) mass is 522 g/mol. The summed E-state index contributed by atoms with van der Waals surface area (Å²) in [5.74, 6) is -1.50. The number of carboxylic acid groups (broad SMARTS) is 1. The average Bonchev–Trinajstić information content (AvgIpc) is 3.60. The SMILES string of the molecule is CCCCc1c(C(=O)O)n(C(=O)c2ccccc2)c(=O)n1Cc1ccc(-c2ccccc2-c2nn[nH]n2)cc1. The van der Waals surface area contributed by atoms with E-state index in [9.17, 15) is 19.5 Å². The van der Waals surface area contributed by atoms with Gasteiger partial charge in [-0.25, -0.2) is 14.2 Å². The van der Waals surface area contributed by atoms with E-state index in [1.54, 1.807) is 30.3 Å².